The molecule has 1 aliphatic heterocycles. The summed E-state index contributed by atoms with van der Waals surface area (Å²) in [6.45, 7) is 3.04. The molecular weight excluding hydrogens is 408 g/mol. The van der Waals surface area contributed by atoms with Gasteiger partial charge < -0.3 is 24.7 Å². The molecule has 0 spiro atoms. The molecule has 0 atom stereocenters. The van der Waals surface area contributed by atoms with Crippen molar-refractivity contribution in [1.29, 1.82) is 0 Å². The number of furan rings is 1. The summed E-state index contributed by atoms with van der Waals surface area (Å²) in [5.74, 6) is 0.469. The highest BCUT2D eigenvalue weighted by Crippen LogP contribution is 2.18. The number of nitrogens with one attached hydrogen (secondary N) is 2. The summed E-state index contributed by atoms with van der Waals surface area (Å²) in [6.07, 6.45) is 4.74. The lowest BCUT2D eigenvalue weighted by molar-refractivity contribution is -0.117. The molecule has 3 heterocycles. The van der Waals surface area contributed by atoms with Gasteiger partial charge in [-0.1, -0.05) is 24.3 Å². The van der Waals surface area contributed by atoms with Crippen molar-refractivity contribution >= 4 is 23.7 Å². The molecule has 2 amide bonds. The van der Waals surface area contributed by atoms with Gasteiger partial charge in [-0.3, -0.25) is 9.59 Å². The van der Waals surface area contributed by atoms with Gasteiger partial charge in [0.2, 0.25) is 0 Å². The van der Waals surface area contributed by atoms with Gasteiger partial charge in [-0.2, -0.15) is 0 Å². The van der Waals surface area contributed by atoms with Crippen LogP contribution in [0.25, 0.3) is 6.08 Å². The molecule has 3 aromatic rings. The Morgan fingerprint density at radius 2 is 1.84 bits per heavy atom. The zero-order valence-electron chi connectivity index (χ0n) is 17.5. The lowest BCUT2D eigenvalue weighted by Crippen LogP contribution is -2.38. The van der Waals surface area contributed by atoms with Gasteiger partial charge in [0, 0.05) is 43.0 Å². The van der Waals surface area contributed by atoms with E-state index in [0.29, 0.717) is 24.5 Å². The van der Waals surface area contributed by atoms with Gasteiger partial charge in [0.1, 0.15) is 17.3 Å². The SMILES string of the molecule is O=C(NCc1cccnc1N1CCOCC1)C(=Cc1ccco1)NC(=O)c1ccccc1. The van der Waals surface area contributed by atoms with Crippen LogP contribution in [-0.4, -0.2) is 43.1 Å². The number of hydrogen-bond donors (Lipinski definition) is 2. The summed E-state index contributed by atoms with van der Waals surface area (Å²) < 4.78 is 10.7. The monoisotopic (exact) mass is 432 g/mol. The summed E-state index contributed by atoms with van der Waals surface area (Å²) in [7, 11) is 0. The van der Waals surface area contributed by atoms with E-state index in [1.165, 1.54) is 12.3 Å². The Bertz CT molecular complexity index is 1070. The quantitative estimate of drug-likeness (QED) is 0.557. The van der Waals surface area contributed by atoms with Crippen LogP contribution in [0.3, 0.4) is 0 Å². The summed E-state index contributed by atoms with van der Waals surface area (Å²) in [6, 6.07) is 15.9. The lowest BCUT2D eigenvalue weighted by Gasteiger charge is -2.29. The first-order chi connectivity index (χ1) is 15.7. The Balaban J connectivity index is 1.49. The van der Waals surface area contributed by atoms with Gasteiger partial charge >= 0.3 is 0 Å². The summed E-state index contributed by atoms with van der Waals surface area (Å²) in [4.78, 5) is 32.3. The fourth-order valence-electron chi connectivity index (χ4n) is 3.36. The predicted molar refractivity (Wildman–Crippen MR) is 120 cm³/mol. The Morgan fingerprint density at radius 1 is 1.03 bits per heavy atom. The van der Waals surface area contributed by atoms with Crippen LogP contribution in [0.5, 0.6) is 0 Å². The molecule has 1 aliphatic rings. The molecule has 8 nitrogen and oxygen atoms in total. The molecule has 2 aromatic heterocycles. The van der Waals surface area contributed by atoms with Crippen LogP contribution >= 0.6 is 0 Å². The van der Waals surface area contributed by atoms with Gasteiger partial charge in [-0.05, 0) is 30.3 Å². The highest BCUT2D eigenvalue weighted by Gasteiger charge is 2.18. The molecule has 1 saturated heterocycles. The molecule has 0 saturated carbocycles. The van der Waals surface area contributed by atoms with E-state index in [-0.39, 0.29) is 18.1 Å². The van der Waals surface area contributed by atoms with Crippen LogP contribution in [0.1, 0.15) is 21.7 Å². The highest BCUT2D eigenvalue weighted by molar-refractivity contribution is 6.05. The van der Waals surface area contributed by atoms with Crippen molar-refractivity contribution in [2.75, 3.05) is 31.2 Å². The molecule has 32 heavy (non-hydrogen) atoms. The van der Waals surface area contributed by atoms with Crippen molar-refractivity contribution in [3.8, 4) is 0 Å². The van der Waals surface area contributed by atoms with E-state index < -0.39 is 5.91 Å². The van der Waals surface area contributed by atoms with Crippen LogP contribution in [0.2, 0.25) is 0 Å². The summed E-state index contributed by atoms with van der Waals surface area (Å²) in [5.41, 5.74) is 1.42. The van der Waals surface area contributed by atoms with E-state index in [2.05, 4.69) is 20.5 Å². The number of morpholine rings is 1. The fourth-order valence-corrected chi connectivity index (χ4v) is 3.36. The van der Waals surface area contributed by atoms with E-state index in [0.717, 1.165) is 24.5 Å². The Morgan fingerprint density at radius 3 is 2.59 bits per heavy atom. The number of rotatable bonds is 7. The standard InChI is InChI=1S/C24H24N4O4/c29-23(18-6-2-1-3-7-18)27-21(16-20-9-5-13-32-20)24(30)26-17-19-8-4-10-25-22(19)28-11-14-31-15-12-28/h1-10,13,16H,11-12,14-15,17H2,(H,26,30)(H,27,29). The van der Waals surface area contributed by atoms with Gasteiger partial charge in [0.15, 0.2) is 0 Å². The summed E-state index contributed by atoms with van der Waals surface area (Å²) in [5, 5.41) is 5.58. The molecular formula is C24H24N4O4. The van der Waals surface area contributed by atoms with Crippen molar-refractivity contribution in [2.24, 2.45) is 0 Å². The maximum Gasteiger partial charge on any atom is 0.268 e. The zero-order valence-corrected chi connectivity index (χ0v) is 17.5. The van der Waals surface area contributed by atoms with Gasteiger partial charge in [0.05, 0.1) is 19.5 Å². The largest absolute Gasteiger partial charge is 0.465 e. The molecule has 8 heteroatoms. The van der Waals surface area contributed by atoms with E-state index in [9.17, 15) is 9.59 Å². The number of carbonyl (C=O) groups excluding carboxylic acids is 2. The molecule has 164 valence electrons. The van der Waals surface area contributed by atoms with Crippen molar-refractivity contribution in [3.63, 3.8) is 0 Å². The predicted octanol–water partition coefficient (Wildman–Crippen LogP) is 2.60. The number of anilines is 1. The third kappa shape index (κ3) is 5.41. The molecule has 0 aliphatic carbocycles. The molecule has 0 radical (unpaired) electrons. The average molecular weight is 432 g/mol. The van der Waals surface area contributed by atoms with E-state index in [4.69, 9.17) is 9.15 Å². The molecule has 4 rings (SSSR count). The van der Waals surface area contributed by atoms with E-state index >= 15 is 0 Å². The second kappa shape index (κ2) is 10.4. The topological polar surface area (TPSA) is 96.7 Å². The number of nitrogens with zero attached hydrogens (tertiary/aromatic N) is 2. The number of ether oxygens (including phenoxy) is 1. The third-order valence-electron chi connectivity index (χ3n) is 4.98. The minimum absolute atomic E-state index is 0.0885. The first kappa shape index (κ1) is 21.3. The molecule has 2 N–H and O–H groups in total. The number of amides is 2. The maximum absolute atomic E-state index is 13.0. The first-order valence-electron chi connectivity index (χ1n) is 10.4. The number of carbonyl (C=O) groups is 2. The van der Waals surface area contributed by atoms with Crippen LogP contribution in [0.4, 0.5) is 5.82 Å². The molecule has 0 unspecified atom stereocenters. The Labute approximate surface area is 185 Å². The number of benzene rings is 1. The maximum atomic E-state index is 13.0. The minimum atomic E-state index is -0.428. The summed E-state index contributed by atoms with van der Waals surface area (Å²) >= 11 is 0. The lowest BCUT2D eigenvalue weighted by atomic mass is 10.2. The van der Waals surface area contributed by atoms with Crippen molar-refractivity contribution in [2.45, 2.75) is 6.54 Å². The second-order valence-corrected chi connectivity index (χ2v) is 7.16. The van der Waals surface area contributed by atoms with Crippen molar-refractivity contribution in [3.05, 3.63) is 89.6 Å². The molecule has 1 aromatic carbocycles. The van der Waals surface area contributed by atoms with Crippen LogP contribution < -0.4 is 15.5 Å². The van der Waals surface area contributed by atoms with Crippen LogP contribution in [0.15, 0.2) is 77.2 Å². The van der Waals surface area contributed by atoms with Crippen molar-refractivity contribution < 1.29 is 18.7 Å². The zero-order chi connectivity index (χ0) is 22.2. The fraction of sp³-hybridized carbons (Fsp3) is 0.208. The Hall–Kier alpha value is -3.91. The van der Waals surface area contributed by atoms with Gasteiger partial charge in [0.25, 0.3) is 11.8 Å². The smallest absolute Gasteiger partial charge is 0.268 e. The molecule has 1 fully saturated rings. The number of hydrogen-bond acceptors (Lipinski definition) is 6. The number of pyridine rings is 1. The van der Waals surface area contributed by atoms with Gasteiger partial charge in [-0.15, -0.1) is 0 Å². The van der Waals surface area contributed by atoms with E-state index in [1.54, 1.807) is 42.6 Å². The molecule has 0 bridgehead atoms. The second-order valence-electron chi connectivity index (χ2n) is 7.16. The average Bonchev–Trinajstić information content (AvgIpc) is 3.36. The van der Waals surface area contributed by atoms with Crippen molar-refractivity contribution in [1.82, 2.24) is 15.6 Å². The normalized spacial score (nSPS) is 14.1. The first-order valence-corrected chi connectivity index (χ1v) is 10.4. The highest BCUT2D eigenvalue weighted by atomic mass is 16.5. The Kier molecular flexibility index (Phi) is 6.94. The van der Waals surface area contributed by atoms with Crippen LogP contribution in [0, 0.1) is 0 Å². The van der Waals surface area contributed by atoms with E-state index in [1.807, 2.05) is 18.2 Å². The number of aromatic nitrogens is 1. The minimum Gasteiger partial charge on any atom is -0.465 e. The van der Waals surface area contributed by atoms with Crippen LogP contribution in [-0.2, 0) is 16.1 Å². The van der Waals surface area contributed by atoms with Gasteiger partial charge in [-0.25, -0.2) is 4.98 Å². The third-order valence-corrected chi connectivity index (χ3v) is 4.98.